The number of benzene rings is 6. The first kappa shape index (κ1) is 25.5. The molecule has 234 valence electrons. The maximum Gasteiger partial charge on any atom is 0.149 e. The number of imidazole rings is 1. The van der Waals surface area contributed by atoms with Crippen molar-refractivity contribution in [1.29, 1.82) is 0 Å². The number of hydrogen-bond donors (Lipinski definition) is 0. The standard InChI is InChI=1S/C44H36N2O2/c1-25(2)34-23-29(28-12-7-6-8-13-28)24-35(26(3)4)41(34)46-37-22-27(5)18-20-36(37)45-44(46)33-16-11-15-30-31-19-21-39-40(43(31)48-42(30)33)32-14-9-10-17-38(32)47-39/h6-26H,1-5H3/i5D3. The average Bonchev–Trinajstić information content (AvgIpc) is 3.81. The van der Waals surface area contributed by atoms with Gasteiger partial charge < -0.3 is 8.83 Å². The number of aromatic nitrogens is 2. The first-order valence-electron chi connectivity index (χ1n) is 18.1. The fourth-order valence-corrected chi connectivity index (χ4v) is 7.34. The minimum Gasteiger partial charge on any atom is -0.456 e. The Balaban J connectivity index is 1.41. The molecule has 0 aliphatic carbocycles. The van der Waals surface area contributed by atoms with Crippen LogP contribution in [0, 0.1) is 6.85 Å². The molecule has 48 heavy (non-hydrogen) atoms. The van der Waals surface area contributed by atoms with Crippen molar-refractivity contribution < 1.29 is 12.9 Å². The van der Waals surface area contributed by atoms with Gasteiger partial charge in [-0.25, -0.2) is 4.98 Å². The molecule has 3 aromatic heterocycles. The first-order chi connectivity index (χ1) is 24.6. The summed E-state index contributed by atoms with van der Waals surface area (Å²) in [5.74, 6) is 1.01. The zero-order chi connectivity index (χ0) is 35.2. The quantitative estimate of drug-likeness (QED) is 0.191. The van der Waals surface area contributed by atoms with Crippen molar-refractivity contribution in [3.05, 3.63) is 132 Å². The Morgan fingerprint density at radius 1 is 0.625 bits per heavy atom. The maximum absolute atomic E-state index is 8.30. The highest BCUT2D eigenvalue weighted by molar-refractivity contribution is 6.23. The van der Waals surface area contributed by atoms with E-state index in [0.29, 0.717) is 11.3 Å². The number of hydrogen-bond acceptors (Lipinski definition) is 3. The molecule has 0 amide bonds. The van der Waals surface area contributed by atoms with Crippen molar-refractivity contribution in [3.8, 4) is 28.2 Å². The van der Waals surface area contributed by atoms with Gasteiger partial charge in [0.2, 0.25) is 0 Å². The van der Waals surface area contributed by atoms with Crippen LogP contribution in [0.15, 0.2) is 124 Å². The van der Waals surface area contributed by atoms with Crippen LogP contribution >= 0.6 is 0 Å². The Morgan fingerprint density at radius 3 is 2.12 bits per heavy atom. The van der Waals surface area contributed by atoms with Crippen LogP contribution in [-0.4, -0.2) is 9.55 Å². The van der Waals surface area contributed by atoms with Crippen molar-refractivity contribution in [2.24, 2.45) is 0 Å². The predicted molar refractivity (Wildman–Crippen MR) is 199 cm³/mol. The number of para-hydroxylation sites is 2. The lowest BCUT2D eigenvalue weighted by Crippen LogP contribution is -2.09. The Hall–Kier alpha value is -5.61. The highest BCUT2D eigenvalue weighted by Crippen LogP contribution is 2.44. The van der Waals surface area contributed by atoms with E-state index in [1.54, 1.807) is 12.1 Å². The molecule has 4 nitrogen and oxygen atoms in total. The second-order valence-corrected chi connectivity index (χ2v) is 13.4. The normalized spacial score (nSPS) is 13.4. The van der Waals surface area contributed by atoms with Gasteiger partial charge in [-0.05, 0) is 95.0 Å². The van der Waals surface area contributed by atoms with E-state index in [1.165, 1.54) is 0 Å². The number of fused-ring (bicyclic) bond motifs is 8. The van der Waals surface area contributed by atoms with E-state index in [2.05, 4.69) is 92.9 Å². The van der Waals surface area contributed by atoms with E-state index >= 15 is 0 Å². The van der Waals surface area contributed by atoms with E-state index in [-0.39, 0.29) is 17.4 Å². The van der Waals surface area contributed by atoms with Crippen molar-refractivity contribution >= 4 is 54.9 Å². The molecule has 0 N–H and O–H groups in total. The van der Waals surface area contributed by atoms with Crippen LogP contribution in [0.1, 0.15) is 60.3 Å². The van der Waals surface area contributed by atoms with Crippen LogP contribution in [0.25, 0.3) is 83.1 Å². The lowest BCUT2D eigenvalue weighted by Gasteiger charge is -2.24. The first-order valence-corrected chi connectivity index (χ1v) is 16.6. The molecular weight excluding hydrogens is 588 g/mol. The van der Waals surface area contributed by atoms with E-state index < -0.39 is 6.85 Å². The molecule has 0 aliphatic rings. The van der Waals surface area contributed by atoms with Crippen LogP contribution < -0.4 is 0 Å². The third-order valence-corrected chi connectivity index (χ3v) is 9.64. The summed E-state index contributed by atoms with van der Waals surface area (Å²) in [6, 6.07) is 38.6. The van der Waals surface area contributed by atoms with Gasteiger partial charge in [-0.2, -0.15) is 0 Å². The Kier molecular flexibility index (Phi) is 5.69. The summed E-state index contributed by atoms with van der Waals surface area (Å²) in [5.41, 5.74) is 11.3. The molecule has 9 aromatic rings. The summed E-state index contributed by atoms with van der Waals surface area (Å²) >= 11 is 0. The highest BCUT2D eigenvalue weighted by Gasteiger charge is 2.26. The summed E-state index contributed by atoms with van der Waals surface area (Å²) < 4.78 is 40.2. The highest BCUT2D eigenvalue weighted by atomic mass is 16.3. The topological polar surface area (TPSA) is 44.1 Å². The average molecular weight is 628 g/mol. The second kappa shape index (κ2) is 10.7. The zero-order valence-electron chi connectivity index (χ0n) is 30.3. The van der Waals surface area contributed by atoms with Gasteiger partial charge in [-0.3, -0.25) is 4.57 Å². The van der Waals surface area contributed by atoms with Crippen molar-refractivity contribution in [3.63, 3.8) is 0 Å². The number of rotatable bonds is 5. The molecule has 4 heteroatoms. The lowest BCUT2D eigenvalue weighted by molar-refractivity contribution is 0.663. The Labute approximate surface area is 283 Å². The van der Waals surface area contributed by atoms with E-state index in [4.69, 9.17) is 17.9 Å². The van der Waals surface area contributed by atoms with Gasteiger partial charge in [-0.1, -0.05) is 94.4 Å². The van der Waals surface area contributed by atoms with Gasteiger partial charge in [0.15, 0.2) is 0 Å². The fraction of sp³-hybridized carbons (Fsp3) is 0.159. The molecule has 0 unspecified atom stereocenters. The molecule has 0 fully saturated rings. The maximum atomic E-state index is 8.30. The van der Waals surface area contributed by atoms with Crippen LogP contribution in [0.3, 0.4) is 0 Å². The number of furan rings is 2. The molecule has 3 heterocycles. The third kappa shape index (κ3) is 4.25. The van der Waals surface area contributed by atoms with Crippen LogP contribution in [0.4, 0.5) is 0 Å². The number of nitrogens with zero attached hydrogens (tertiary/aromatic N) is 2. The molecule has 0 aliphatic heterocycles. The van der Waals surface area contributed by atoms with E-state index in [9.17, 15) is 0 Å². The summed E-state index contributed by atoms with van der Waals surface area (Å²) in [7, 11) is 0. The second-order valence-electron chi connectivity index (χ2n) is 13.4. The Morgan fingerprint density at radius 2 is 1.35 bits per heavy atom. The monoisotopic (exact) mass is 627 g/mol. The van der Waals surface area contributed by atoms with Gasteiger partial charge in [0, 0.05) is 20.3 Å². The minimum absolute atomic E-state index is 0.155. The molecule has 0 saturated carbocycles. The smallest absolute Gasteiger partial charge is 0.149 e. The van der Waals surface area contributed by atoms with Gasteiger partial charge >= 0.3 is 0 Å². The van der Waals surface area contributed by atoms with Crippen molar-refractivity contribution in [1.82, 2.24) is 9.55 Å². The van der Waals surface area contributed by atoms with Crippen LogP contribution in [-0.2, 0) is 0 Å². The minimum atomic E-state index is -2.28. The Bertz CT molecular complexity index is 2770. The molecule has 6 aromatic carbocycles. The molecule has 0 spiro atoms. The predicted octanol–water partition coefficient (Wildman–Crippen LogP) is 12.7. The van der Waals surface area contributed by atoms with Gasteiger partial charge in [0.05, 0.1) is 27.7 Å². The third-order valence-electron chi connectivity index (χ3n) is 9.64. The largest absolute Gasteiger partial charge is 0.456 e. The summed E-state index contributed by atoms with van der Waals surface area (Å²) in [6.07, 6.45) is 0. The van der Waals surface area contributed by atoms with Crippen LogP contribution in [0.5, 0.6) is 0 Å². The zero-order valence-corrected chi connectivity index (χ0v) is 27.3. The number of aryl methyl sites for hydroxylation is 1. The molecule has 0 bridgehead atoms. The van der Waals surface area contributed by atoms with Gasteiger partial charge in [0.1, 0.15) is 28.2 Å². The summed E-state index contributed by atoms with van der Waals surface area (Å²) in [4.78, 5) is 5.29. The fourth-order valence-electron chi connectivity index (χ4n) is 7.34. The van der Waals surface area contributed by atoms with E-state index in [1.807, 2.05) is 42.5 Å². The molecule has 9 rings (SSSR count). The SMILES string of the molecule is [2H]C([2H])([2H])c1ccc2nc(-c3cccc4c3oc3c4ccc4oc5ccccc5c43)n(-c3c(C(C)C)cc(-c4ccccc4)cc3C(C)C)c2c1. The molecular formula is C44H36N2O2. The van der Waals surface area contributed by atoms with Gasteiger partial charge in [0.25, 0.3) is 0 Å². The van der Waals surface area contributed by atoms with Crippen LogP contribution in [0.2, 0.25) is 0 Å². The summed E-state index contributed by atoms with van der Waals surface area (Å²) in [6.45, 7) is 6.57. The van der Waals surface area contributed by atoms with Crippen molar-refractivity contribution in [2.75, 3.05) is 0 Å². The summed E-state index contributed by atoms with van der Waals surface area (Å²) in [5, 5.41) is 3.92. The van der Waals surface area contributed by atoms with E-state index in [0.717, 1.165) is 82.9 Å². The molecule has 0 atom stereocenters. The van der Waals surface area contributed by atoms with Gasteiger partial charge in [-0.15, -0.1) is 0 Å². The molecule has 0 saturated heterocycles. The molecule has 0 radical (unpaired) electrons. The lowest BCUT2D eigenvalue weighted by atomic mass is 9.88. The van der Waals surface area contributed by atoms with Crippen molar-refractivity contribution in [2.45, 2.75) is 46.4 Å².